The van der Waals surface area contributed by atoms with Crippen molar-refractivity contribution >= 4 is 39.5 Å². The van der Waals surface area contributed by atoms with Crippen molar-refractivity contribution in [1.29, 1.82) is 0 Å². The van der Waals surface area contributed by atoms with Crippen LogP contribution in [0.1, 0.15) is 310 Å². The monoisotopic (exact) mass is 1500 g/mol. The Balaban J connectivity index is 5.45. The highest BCUT2D eigenvalue weighted by atomic mass is 31.2. The molecule has 0 amide bonds. The van der Waals surface area contributed by atoms with Crippen LogP contribution < -0.4 is 0 Å². The van der Waals surface area contributed by atoms with Crippen LogP contribution in [-0.2, 0) is 65.4 Å². The first-order valence-electron chi connectivity index (χ1n) is 40.1. The van der Waals surface area contributed by atoms with Crippen molar-refractivity contribution in [2.45, 2.75) is 329 Å². The molecule has 0 spiro atoms. The maximum absolute atomic E-state index is 13.1. The number of carbonyl (C=O) groups is 4. The summed E-state index contributed by atoms with van der Waals surface area (Å²) >= 11 is 0. The Hall–Kier alpha value is -5.06. The van der Waals surface area contributed by atoms with E-state index in [2.05, 4.69) is 174 Å². The lowest BCUT2D eigenvalue weighted by molar-refractivity contribution is -0.161. The van der Waals surface area contributed by atoms with E-state index in [1.807, 2.05) is 0 Å². The minimum absolute atomic E-state index is 0.0653. The molecule has 104 heavy (non-hydrogen) atoms. The number of hydrogen-bond acceptors (Lipinski definition) is 15. The Bertz CT molecular complexity index is 2540. The Morgan fingerprint density at radius 1 is 0.279 bits per heavy atom. The van der Waals surface area contributed by atoms with Gasteiger partial charge in [-0.05, 0) is 167 Å². The molecular weight excluding hydrogens is 1350 g/mol. The molecular formula is C85H142O17P2. The van der Waals surface area contributed by atoms with Gasteiger partial charge in [-0.25, -0.2) is 9.13 Å². The number of aliphatic hydroxyl groups is 1. The lowest BCUT2D eigenvalue weighted by Crippen LogP contribution is -2.30. The Morgan fingerprint density at radius 2 is 0.500 bits per heavy atom. The summed E-state index contributed by atoms with van der Waals surface area (Å²) in [6, 6.07) is 0. The average molecular weight is 1500 g/mol. The van der Waals surface area contributed by atoms with E-state index in [-0.39, 0.29) is 25.7 Å². The zero-order valence-corrected chi connectivity index (χ0v) is 66.7. The van der Waals surface area contributed by atoms with E-state index < -0.39 is 97.5 Å². The molecule has 0 aliphatic carbocycles. The van der Waals surface area contributed by atoms with Crippen LogP contribution in [0.5, 0.6) is 0 Å². The molecule has 0 rings (SSSR count). The molecule has 0 bridgehead atoms. The molecule has 5 unspecified atom stereocenters. The van der Waals surface area contributed by atoms with Crippen molar-refractivity contribution < 1.29 is 80.2 Å². The van der Waals surface area contributed by atoms with Crippen molar-refractivity contribution in [1.82, 2.24) is 0 Å². The SMILES string of the molecule is CC/C=C\C/C=C\C/C=C\C/C=C\C/C=C\CCCCCC(=O)OCC(COP(=O)(O)OCC(O)COP(=O)(O)OCC(COC(=O)CCCC/C=C\C/C=C\C/C=C\C/C=C\CC)OC(=O)CCCCCCC/C=C\C/C=C\CCCCC)OC(=O)CCCCCCC/C=C\CCCCCCCC. The zero-order chi connectivity index (χ0) is 76.0. The smallest absolute Gasteiger partial charge is 0.462 e. The van der Waals surface area contributed by atoms with E-state index in [1.54, 1.807) is 0 Å². The quantitative estimate of drug-likeness (QED) is 0.0169. The molecule has 0 aliphatic rings. The van der Waals surface area contributed by atoms with E-state index in [9.17, 15) is 43.2 Å². The van der Waals surface area contributed by atoms with E-state index in [1.165, 1.54) is 57.8 Å². The van der Waals surface area contributed by atoms with Gasteiger partial charge in [-0.1, -0.05) is 263 Å². The topological polar surface area (TPSA) is 237 Å². The van der Waals surface area contributed by atoms with Gasteiger partial charge in [0.1, 0.15) is 19.3 Å². The molecule has 0 fully saturated rings. The summed E-state index contributed by atoms with van der Waals surface area (Å²) in [4.78, 5) is 73.0. The van der Waals surface area contributed by atoms with E-state index in [4.69, 9.17) is 37.0 Å². The molecule has 0 aromatic rings. The van der Waals surface area contributed by atoms with Crippen LogP contribution in [0.15, 0.2) is 146 Å². The minimum atomic E-state index is -5.00. The highest BCUT2D eigenvalue weighted by Crippen LogP contribution is 2.45. The Labute approximate surface area is 630 Å². The molecule has 0 aromatic carbocycles. The number of aliphatic hydroxyl groups excluding tert-OH is 1. The number of allylic oxidation sites excluding steroid dienone is 24. The third-order valence-electron chi connectivity index (χ3n) is 16.3. The predicted molar refractivity (Wildman–Crippen MR) is 427 cm³/mol. The largest absolute Gasteiger partial charge is 0.472 e. The second-order valence-electron chi connectivity index (χ2n) is 26.2. The maximum Gasteiger partial charge on any atom is 0.472 e. The van der Waals surface area contributed by atoms with E-state index in [0.29, 0.717) is 25.7 Å². The van der Waals surface area contributed by atoms with Crippen molar-refractivity contribution in [3.8, 4) is 0 Å². The lowest BCUT2D eigenvalue weighted by atomic mass is 10.1. The van der Waals surface area contributed by atoms with Crippen LogP contribution >= 0.6 is 15.6 Å². The second kappa shape index (κ2) is 76.1. The number of phosphoric acid groups is 2. The Morgan fingerprint density at radius 3 is 0.827 bits per heavy atom. The van der Waals surface area contributed by atoms with Crippen LogP contribution in [-0.4, -0.2) is 96.7 Å². The van der Waals surface area contributed by atoms with Crippen LogP contribution in [0.3, 0.4) is 0 Å². The molecule has 0 saturated carbocycles. The normalized spacial score (nSPS) is 14.6. The zero-order valence-electron chi connectivity index (χ0n) is 64.9. The van der Waals surface area contributed by atoms with Gasteiger partial charge in [0.05, 0.1) is 26.4 Å². The van der Waals surface area contributed by atoms with Gasteiger partial charge in [0.2, 0.25) is 0 Å². The first-order valence-corrected chi connectivity index (χ1v) is 43.1. The first-order chi connectivity index (χ1) is 50.7. The van der Waals surface area contributed by atoms with Crippen LogP contribution in [0.4, 0.5) is 0 Å². The summed E-state index contributed by atoms with van der Waals surface area (Å²) in [5, 5.41) is 10.6. The molecule has 0 aliphatic heterocycles. The van der Waals surface area contributed by atoms with Crippen molar-refractivity contribution in [3.05, 3.63) is 146 Å². The van der Waals surface area contributed by atoms with Gasteiger partial charge >= 0.3 is 39.5 Å². The van der Waals surface area contributed by atoms with Crippen LogP contribution in [0.25, 0.3) is 0 Å². The number of esters is 4. The van der Waals surface area contributed by atoms with Crippen LogP contribution in [0, 0.1) is 0 Å². The summed E-state index contributed by atoms with van der Waals surface area (Å²) in [5.74, 6) is -2.29. The fourth-order valence-electron chi connectivity index (χ4n) is 10.2. The molecule has 5 atom stereocenters. The van der Waals surface area contributed by atoms with E-state index >= 15 is 0 Å². The molecule has 594 valence electrons. The van der Waals surface area contributed by atoms with Gasteiger partial charge < -0.3 is 33.8 Å². The third kappa shape index (κ3) is 75.2. The average Bonchev–Trinajstić information content (AvgIpc) is 0.918. The van der Waals surface area contributed by atoms with Gasteiger partial charge in [-0.2, -0.15) is 0 Å². The first kappa shape index (κ1) is 98.9. The Kier molecular flexibility index (Phi) is 72.4. The van der Waals surface area contributed by atoms with E-state index in [0.717, 1.165) is 173 Å². The molecule has 19 heteroatoms. The number of unbranched alkanes of at least 4 members (excludes halogenated alkanes) is 24. The third-order valence-corrected chi connectivity index (χ3v) is 18.2. The fourth-order valence-corrected chi connectivity index (χ4v) is 11.8. The van der Waals surface area contributed by atoms with Gasteiger partial charge in [0.25, 0.3) is 0 Å². The molecule has 17 nitrogen and oxygen atoms in total. The standard InChI is InChI=1S/C85H142O17P2/c1-5-9-13-17-21-25-29-33-37-38-39-40-44-46-50-54-58-62-66-70-83(88)96-76-81(102-85(90)72-68-64-60-56-52-48-43-36-32-28-24-20-16-12-8-4)78-100-104(93,94)98-74-79(86)73-97-103(91,92)99-77-80(101-84(89)71-67-63-59-55-51-47-42-35-31-27-23-19-15-11-7-3)75-95-82(87)69-65-61-57-53-49-45-41-34-30-26-22-18-14-10-6-2/h9-10,13-14,21-23,25-27,33-37,39-43,46,49-50,53,79-81,86H,5-8,11-12,15-20,24,28-32,38,44-45,47-48,51-52,54-78H2,1-4H3,(H,91,92)(H,93,94)/b13-9-,14-10-,25-21-,26-22-,27-23-,37-33-,40-39-,41-34-,42-35-,43-36-,50-46-,53-49-. The maximum atomic E-state index is 13.1. The van der Waals surface area contributed by atoms with Gasteiger partial charge in [-0.15, -0.1) is 0 Å². The van der Waals surface area contributed by atoms with Crippen molar-refractivity contribution in [3.63, 3.8) is 0 Å². The summed E-state index contributed by atoms with van der Waals surface area (Å²) < 4.78 is 68.5. The number of hydrogen-bond donors (Lipinski definition) is 3. The minimum Gasteiger partial charge on any atom is -0.462 e. The van der Waals surface area contributed by atoms with Crippen molar-refractivity contribution in [2.24, 2.45) is 0 Å². The molecule has 0 heterocycles. The summed E-state index contributed by atoms with van der Waals surface area (Å²) in [7, 11) is -9.99. The van der Waals surface area contributed by atoms with Crippen LogP contribution in [0.2, 0.25) is 0 Å². The second-order valence-corrected chi connectivity index (χ2v) is 29.1. The predicted octanol–water partition coefficient (Wildman–Crippen LogP) is 23.4. The summed E-state index contributed by atoms with van der Waals surface area (Å²) in [6.07, 6.45) is 86.8. The number of carbonyl (C=O) groups excluding carboxylic acids is 4. The number of phosphoric ester groups is 2. The van der Waals surface area contributed by atoms with Gasteiger partial charge in [-0.3, -0.25) is 37.3 Å². The molecule has 0 radical (unpaired) electrons. The number of rotatable bonds is 74. The lowest BCUT2D eigenvalue weighted by Gasteiger charge is -2.21. The fraction of sp³-hybridized carbons (Fsp3) is 0.671. The van der Waals surface area contributed by atoms with Gasteiger partial charge in [0.15, 0.2) is 12.2 Å². The molecule has 0 saturated heterocycles. The highest BCUT2D eigenvalue weighted by molar-refractivity contribution is 7.47. The molecule has 3 N–H and O–H groups in total. The highest BCUT2D eigenvalue weighted by Gasteiger charge is 2.30. The van der Waals surface area contributed by atoms with Crippen molar-refractivity contribution in [2.75, 3.05) is 39.6 Å². The summed E-state index contributed by atoms with van der Waals surface area (Å²) in [6.45, 7) is 4.51. The summed E-state index contributed by atoms with van der Waals surface area (Å²) in [5.41, 5.74) is 0. The molecule has 0 aromatic heterocycles. The van der Waals surface area contributed by atoms with Gasteiger partial charge in [0, 0.05) is 25.7 Å². The number of ether oxygens (including phenoxy) is 4.